The minimum absolute atomic E-state index is 0.0833. The number of hydrogen-bond acceptors (Lipinski definition) is 3. The van der Waals surface area contributed by atoms with Crippen LogP contribution in [-0.4, -0.2) is 36.2 Å². The average Bonchev–Trinajstić information content (AvgIpc) is 2.73. The number of likely N-dealkylation sites (tertiary alicyclic amines) is 1. The Morgan fingerprint density at radius 1 is 1.11 bits per heavy atom. The summed E-state index contributed by atoms with van der Waals surface area (Å²) >= 11 is 0. The lowest BCUT2D eigenvalue weighted by atomic mass is 9.70. The summed E-state index contributed by atoms with van der Waals surface area (Å²) in [6, 6.07) is 17.9. The molecule has 1 saturated heterocycles. The van der Waals surface area contributed by atoms with Crippen molar-refractivity contribution in [1.82, 2.24) is 10.2 Å². The fourth-order valence-electron chi connectivity index (χ4n) is 4.03. The van der Waals surface area contributed by atoms with Crippen molar-refractivity contribution < 1.29 is 9.59 Å². The van der Waals surface area contributed by atoms with Gasteiger partial charge in [0.05, 0.1) is 5.41 Å². The second-order valence-electron chi connectivity index (χ2n) is 7.48. The smallest absolute Gasteiger partial charge is 0.251 e. The zero-order valence-electron chi connectivity index (χ0n) is 16.5. The molecule has 1 heterocycles. The van der Waals surface area contributed by atoms with Gasteiger partial charge < -0.3 is 5.32 Å². The van der Waals surface area contributed by atoms with E-state index in [4.69, 9.17) is 0 Å². The van der Waals surface area contributed by atoms with Crippen molar-refractivity contribution in [3.05, 3.63) is 83.9 Å². The normalized spacial score (nSPS) is 16.3. The van der Waals surface area contributed by atoms with E-state index < -0.39 is 0 Å². The molecule has 1 aliphatic heterocycles. The molecule has 0 bridgehead atoms. The summed E-state index contributed by atoms with van der Waals surface area (Å²) in [7, 11) is 0. The zero-order chi connectivity index (χ0) is 20.0. The van der Waals surface area contributed by atoms with Gasteiger partial charge >= 0.3 is 0 Å². The number of benzene rings is 2. The van der Waals surface area contributed by atoms with E-state index in [1.807, 2.05) is 42.5 Å². The molecule has 0 saturated carbocycles. The summed E-state index contributed by atoms with van der Waals surface area (Å²) in [5.41, 5.74) is 2.53. The lowest BCUT2D eigenvalue weighted by molar-refractivity contribution is -0.124. The fraction of sp³-hybridized carbons (Fsp3) is 0.333. The summed E-state index contributed by atoms with van der Waals surface area (Å²) < 4.78 is 0. The number of ketones is 1. The molecule has 0 aliphatic carbocycles. The third kappa shape index (κ3) is 4.39. The highest BCUT2D eigenvalue weighted by Gasteiger charge is 2.40. The minimum Gasteiger partial charge on any atom is -0.349 e. The molecule has 0 unspecified atom stereocenters. The predicted molar refractivity (Wildman–Crippen MR) is 112 cm³/mol. The van der Waals surface area contributed by atoms with Gasteiger partial charge in [-0.15, -0.1) is 6.58 Å². The van der Waals surface area contributed by atoms with Gasteiger partial charge in [0.25, 0.3) is 5.91 Å². The first-order valence-electron chi connectivity index (χ1n) is 9.82. The Bertz CT molecular complexity index is 837. The summed E-state index contributed by atoms with van der Waals surface area (Å²) in [5.74, 6) is 0.166. The number of hydrogen-bond donors (Lipinski definition) is 1. The first kappa shape index (κ1) is 20.0. The molecule has 1 N–H and O–H groups in total. The number of nitrogens with one attached hydrogen (secondary N) is 1. The molecule has 0 radical (unpaired) electrons. The fourth-order valence-corrected chi connectivity index (χ4v) is 4.03. The van der Waals surface area contributed by atoms with Crippen molar-refractivity contribution in [2.24, 2.45) is 0 Å². The first-order valence-corrected chi connectivity index (χ1v) is 9.82. The lowest BCUT2D eigenvalue weighted by Gasteiger charge is -2.40. The maximum Gasteiger partial charge on any atom is 0.251 e. The number of carbonyl (C=O) groups is 2. The van der Waals surface area contributed by atoms with Crippen molar-refractivity contribution >= 4 is 11.7 Å². The van der Waals surface area contributed by atoms with Crippen LogP contribution in [0.3, 0.4) is 0 Å². The van der Waals surface area contributed by atoms with Crippen LogP contribution in [0.4, 0.5) is 0 Å². The van der Waals surface area contributed by atoms with E-state index in [0.717, 1.165) is 43.6 Å². The van der Waals surface area contributed by atoms with Crippen LogP contribution < -0.4 is 5.32 Å². The van der Waals surface area contributed by atoms with Crippen LogP contribution in [0.25, 0.3) is 0 Å². The van der Waals surface area contributed by atoms with Crippen molar-refractivity contribution in [1.29, 1.82) is 0 Å². The number of piperidine rings is 1. The molecule has 0 aromatic heterocycles. The van der Waals surface area contributed by atoms with Crippen LogP contribution in [0.15, 0.2) is 67.3 Å². The van der Waals surface area contributed by atoms with E-state index in [0.29, 0.717) is 12.1 Å². The maximum absolute atomic E-state index is 12.5. The average molecular weight is 377 g/mol. The number of Topliss-reactive ketones (excluding diaryl/α,β-unsaturated/α-hetero) is 1. The van der Waals surface area contributed by atoms with Crippen LogP contribution in [0, 0.1) is 0 Å². The van der Waals surface area contributed by atoms with Crippen LogP contribution >= 0.6 is 0 Å². The van der Waals surface area contributed by atoms with E-state index in [1.165, 1.54) is 0 Å². The molecule has 1 aliphatic rings. The Morgan fingerprint density at radius 3 is 2.46 bits per heavy atom. The quantitative estimate of drug-likeness (QED) is 0.749. The highest BCUT2D eigenvalue weighted by molar-refractivity contribution is 5.94. The number of nitrogens with zero attached hydrogens (tertiary/aromatic N) is 1. The third-order valence-corrected chi connectivity index (χ3v) is 5.71. The molecule has 4 heteroatoms. The van der Waals surface area contributed by atoms with Gasteiger partial charge in [-0.1, -0.05) is 48.5 Å². The molecule has 0 spiro atoms. The first-order chi connectivity index (χ1) is 13.5. The molecule has 2 aromatic carbocycles. The van der Waals surface area contributed by atoms with E-state index in [1.54, 1.807) is 13.0 Å². The third-order valence-electron chi connectivity index (χ3n) is 5.71. The molecule has 3 rings (SSSR count). The molecular formula is C24H28N2O2. The van der Waals surface area contributed by atoms with Gasteiger partial charge in [-0.05, 0) is 56.1 Å². The SMILES string of the molecule is C=CCNC(=O)c1cccc(CN2CCC(C(C)=O)(c3ccccc3)CC2)c1. The largest absolute Gasteiger partial charge is 0.349 e. The minimum atomic E-state index is -0.371. The second-order valence-corrected chi connectivity index (χ2v) is 7.48. The molecule has 28 heavy (non-hydrogen) atoms. The highest BCUT2D eigenvalue weighted by atomic mass is 16.1. The lowest BCUT2D eigenvalue weighted by Crippen LogP contribution is -2.46. The topological polar surface area (TPSA) is 49.4 Å². The van der Waals surface area contributed by atoms with Gasteiger partial charge in [0.2, 0.25) is 0 Å². The van der Waals surface area contributed by atoms with E-state index in [-0.39, 0.29) is 17.1 Å². The number of amides is 1. The van der Waals surface area contributed by atoms with Crippen LogP contribution in [-0.2, 0) is 16.8 Å². The Labute approximate surface area is 167 Å². The Hall–Kier alpha value is -2.72. The van der Waals surface area contributed by atoms with Gasteiger partial charge in [-0.25, -0.2) is 0 Å². The zero-order valence-corrected chi connectivity index (χ0v) is 16.5. The molecule has 1 amide bonds. The van der Waals surface area contributed by atoms with Crippen LogP contribution in [0.5, 0.6) is 0 Å². The molecule has 1 fully saturated rings. The summed E-state index contributed by atoms with van der Waals surface area (Å²) in [6.45, 7) is 8.31. The highest BCUT2D eigenvalue weighted by Crippen LogP contribution is 2.36. The van der Waals surface area contributed by atoms with Gasteiger partial charge in [0.15, 0.2) is 0 Å². The van der Waals surface area contributed by atoms with Gasteiger partial charge in [0, 0.05) is 18.7 Å². The standard InChI is InChI=1S/C24H28N2O2/c1-3-14-25-23(28)21-9-7-8-20(17-21)18-26-15-12-24(13-16-26,19(2)27)22-10-5-4-6-11-22/h3-11,17H,1,12-16,18H2,2H3,(H,25,28). The Kier molecular flexibility index (Phi) is 6.42. The van der Waals surface area contributed by atoms with Gasteiger partial charge in [0.1, 0.15) is 5.78 Å². The molecule has 2 aromatic rings. The van der Waals surface area contributed by atoms with Crippen molar-refractivity contribution in [3.8, 4) is 0 Å². The van der Waals surface area contributed by atoms with E-state index >= 15 is 0 Å². The molecule has 4 nitrogen and oxygen atoms in total. The van der Waals surface area contributed by atoms with Crippen molar-refractivity contribution in [3.63, 3.8) is 0 Å². The van der Waals surface area contributed by atoms with Crippen molar-refractivity contribution in [2.45, 2.75) is 31.7 Å². The predicted octanol–water partition coefficient (Wildman–Crippen LogP) is 3.73. The summed E-state index contributed by atoms with van der Waals surface area (Å²) in [6.07, 6.45) is 3.32. The van der Waals surface area contributed by atoms with E-state index in [2.05, 4.69) is 28.9 Å². The van der Waals surface area contributed by atoms with Gasteiger partial charge in [-0.2, -0.15) is 0 Å². The summed E-state index contributed by atoms with van der Waals surface area (Å²) in [4.78, 5) is 27.0. The second kappa shape index (κ2) is 8.98. The monoisotopic (exact) mass is 376 g/mol. The van der Waals surface area contributed by atoms with E-state index in [9.17, 15) is 9.59 Å². The number of carbonyl (C=O) groups excluding carboxylic acids is 2. The summed E-state index contributed by atoms with van der Waals surface area (Å²) in [5, 5.41) is 2.81. The van der Waals surface area contributed by atoms with Crippen molar-refractivity contribution in [2.75, 3.05) is 19.6 Å². The Balaban J connectivity index is 1.66. The molecule has 0 atom stereocenters. The van der Waals surface area contributed by atoms with Crippen LogP contribution in [0.1, 0.15) is 41.3 Å². The number of rotatable bonds is 7. The Morgan fingerprint density at radius 2 is 1.82 bits per heavy atom. The maximum atomic E-state index is 12.5. The molecular weight excluding hydrogens is 348 g/mol. The molecule has 146 valence electrons. The van der Waals surface area contributed by atoms with Gasteiger partial charge in [-0.3, -0.25) is 14.5 Å². The van der Waals surface area contributed by atoms with Crippen LogP contribution in [0.2, 0.25) is 0 Å².